The van der Waals surface area contributed by atoms with E-state index in [1.54, 1.807) is 25.2 Å². The van der Waals surface area contributed by atoms with Crippen LogP contribution in [-0.4, -0.2) is 9.55 Å². The van der Waals surface area contributed by atoms with Gasteiger partial charge >= 0.3 is 0 Å². The lowest BCUT2D eigenvalue weighted by Gasteiger charge is -2.06. The van der Waals surface area contributed by atoms with Gasteiger partial charge in [0.15, 0.2) is 0 Å². The van der Waals surface area contributed by atoms with Gasteiger partial charge in [0.1, 0.15) is 5.82 Å². The van der Waals surface area contributed by atoms with Gasteiger partial charge < -0.3 is 0 Å². The summed E-state index contributed by atoms with van der Waals surface area (Å²) in [4.78, 5) is 16.1. The molecule has 0 amide bonds. The van der Waals surface area contributed by atoms with Crippen LogP contribution in [-0.2, 0) is 12.9 Å². The minimum atomic E-state index is -0.127. The van der Waals surface area contributed by atoms with Crippen LogP contribution in [0.3, 0.4) is 0 Å². The smallest absolute Gasteiger partial charge is 0.261 e. The second kappa shape index (κ2) is 3.83. The Labute approximate surface area is 96.3 Å². The van der Waals surface area contributed by atoms with Crippen molar-refractivity contribution in [2.24, 2.45) is 7.05 Å². The van der Waals surface area contributed by atoms with Gasteiger partial charge in [-0.05, 0) is 18.2 Å². The van der Waals surface area contributed by atoms with Crippen LogP contribution in [0.2, 0.25) is 5.02 Å². The molecule has 0 aliphatic carbocycles. The molecule has 1 heterocycles. The van der Waals surface area contributed by atoms with E-state index in [4.69, 9.17) is 23.2 Å². The van der Waals surface area contributed by atoms with E-state index in [1.807, 2.05) is 0 Å². The number of halogens is 2. The normalized spacial score (nSPS) is 10.9. The molecule has 78 valence electrons. The Balaban J connectivity index is 2.91. The number of nitrogens with zero attached hydrogens (tertiary/aromatic N) is 2. The number of alkyl halides is 1. The van der Waals surface area contributed by atoms with Gasteiger partial charge in [-0.25, -0.2) is 4.98 Å². The van der Waals surface area contributed by atoms with Crippen molar-refractivity contribution in [3.8, 4) is 0 Å². The first-order valence-electron chi connectivity index (χ1n) is 4.34. The molecule has 0 bridgehead atoms. The molecule has 0 aliphatic heterocycles. The molecule has 15 heavy (non-hydrogen) atoms. The molecule has 0 spiro atoms. The number of rotatable bonds is 1. The molecule has 1 aromatic carbocycles. The highest BCUT2D eigenvalue weighted by molar-refractivity contribution is 6.31. The molecule has 0 saturated heterocycles. The fourth-order valence-electron chi connectivity index (χ4n) is 1.41. The van der Waals surface area contributed by atoms with Gasteiger partial charge in [0, 0.05) is 12.1 Å². The summed E-state index contributed by atoms with van der Waals surface area (Å²) in [5, 5.41) is 1.04. The van der Waals surface area contributed by atoms with E-state index in [1.165, 1.54) is 4.57 Å². The first-order valence-corrected chi connectivity index (χ1v) is 5.26. The van der Waals surface area contributed by atoms with E-state index < -0.39 is 0 Å². The Morgan fingerprint density at radius 1 is 1.47 bits per heavy atom. The molecule has 0 unspecified atom stereocenters. The van der Waals surface area contributed by atoms with Gasteiger partial charge in [0.2, 0.25) is 0 Å². The van der Waals surface area contributed by atoms with Crippen molar-refractivity contribution in [3.05, 3.63) is 39.4 Å². The van der Waals surface area contributed by atoms with Crippen molar-refractivity contribution in [1.29, 1.82) is 0 Å². The van der Waals surface area contributed by atoms with E-state index in [2.05, 4.69) is 4.98 Å². The van der Waals surface area contributed by atoms with Crippen LogP contribution in [0, 0.1) is 0 Å². The fraction of sp³-hybridized carbons (Fsp3) is 0.200. The molecule has 0 saturated carbocycles. The molecule has 1 aromatic heterocycles. The highest BCUT2D eigenvalue weighted by Gasteiger charge is 2.07. The average Bonchev–Trinajstić information content (AvgIpc) is 2.24. The topological polar surface area (TPSA) is 34.9 Å². The summed E-state index contributed by atoms with van der Waals surface area (Å²) < 4.78 is 1.44. The van der Waals surface area contributed by atoms with Crippen molar-refractivity contribution in [2.75, 3.05) is 0 Å². The minimum absolute atomic E-state index is 0.127. The Morgan fingerprint density at radius 3 is 2.87 bits per heavy atom. The SMILES string of the molecule is Cn1c(CCl)nc2ccc(Cl)cc2c1=O. The van der Waals surface area contributed by atoms with Crippen LogP contribution in [0.4, 0.5) is 0 Å². The summed E-state index contributed by atoms with van der Waals surface area (Å²) in [7, 11) is 1.65. The lowest BCUT2D eigenvalue weighted by Crippen LogP contribution is -2.21. The van der Waals surface area contributed by atoms with Gasteiger partial charge in [0.25, 0.3) is 5.56 Å². The zero-order valence-electron chi connectivity index (χ0n) is 8.00. The summed E-state index contributed by atoms with van der Waals surface area (Å²) in [5.74, 6) is 0.765. The van der Waals surface area contributed by atoms with E-state index >= 15 is 0 Å². The predicted molar refractivity (Wildman–Crippen MR) is 61.6 cm³/mol. The summed E-state index contributed by atoms with van der Waals surface area (Å²) in [6.45, 7) is 0. The van der Waals surface area contributed by atoms with Crippen molar-refractivity contribution >= 4 is 34.1 Å². The summed E-state index contributed by atoms with van der Waals surface area (Å²) in [6.07, 6.45) is 0. The van der Waals surface area contributed by atoms with Crippen LogP contribution >= 0.6 is 23.2 Å². The lowest BCUT2D eigenvalue weighted by molar-refractivity contribution is 0.783. The summed E-state index contributed by atoms with van der Waals surface area (Å²) >= 11 is 11.5. The number of benzene rings is 1. The maximum atomic E-state index is 11.9. The van der Waals surface area contributed by atoms with E-state index in [-0.39, 0.29) is 11.4 Å². The van der Waals surface area contributed by atoms with Gasteiger partial charge in [-0.3, -0.25) is 9.36 Å². The predicted octanol–water partition coefficient (Wildman–Crippen LogP) is 2.33. The molecule has 0 atom stereocenters. The van der Waals surface area contributed by atoms with Crippen molar-refractivity contribution < 1.29 is 0 Å². The second-order valence-corrected chi connectivity index (χ2v) is 3.89. The molecule has 2 rings (SSSR count). The van der Waals surface area contributed by atoms with Crippen molar-refractivity contribution in [3.63, 3.8) is 0 Å². The number of aromatic nitrogens is 2. The van der Waals surface area contributed by atoms with E-state index in [0.717, 1.165) is 0 Å². The average molecular weight is 243 g/mol. The number of hydrogen-bond donors (Lipinski definition) is 0. The van der Waals surface area contributed by atoms with Gasteiger partial charge in [-0.15, -0.1) is 11.6 Å². The Morgan fingerprint density at radius 2 is 2.20 bits per heavy atom. The molecule has 0 radical (unpaired) electrons. The monoisotopic (exact) mass is 242 g/mol. The van der Waals surface area contributed by atoms with Crippen LogP contribution in [0.15, 0.2) is 23.0 Å². The molecule has 5 heteroatoms. The number of fused-ring (bicyclic) bond motifs is 1. The summed E-state index contributed by atoms with van der Waals surface area (Å²) in [6, 6.07) is 5.04. The van der Waals surface area contributed by atoms with Gasteiger partial charge in [0.05, 0.1) is 16.8 Å². The maximum Gasteiger partial charge on any atom is 0.261 e. The zero-order chi connectivity index (χ0) is 11.0. The Kier molecular flexibility index (Phi) is 2.67. The maximum absolute atomic E-state index is 11.9. The third kappa shape index (κ3) is 1.73. The Bertz CT molecular complexity index is 577. The molecular formula is C10H8Cl2N2O. The second-order valence-electron chi connectivity index (χ2n) is 3.19. The third-order valence-electron chi connectivity index (χ3n) is 2.25. The van der Waals surface area contributed by atoms with E-state index in [0.29, 0.717) is 21.7 Å². The van der Waals surface area contributed by atoms with Crippen LogP contribution in [0.5, 0.6) is 0 Å². The largest absolute Gasteiger partial charge is 0.298 e. The first kappa shape index (κ1) is 10.5. The van der Waals surface area contributed by atoms with Gasteiger partial charge in [-0.1, -0.05) is 11.6 Å². The highest BCUT2D eigenvalue weighted by Crippen LogP contribution is 2.15. The number of hydrogen-bond acceptors (Lipinski definition) is 2. The quantitative estimate of drug-likeness (QED) is 0.720. The molecular weight excluding hydrogens is 235 g/mol. The van der Waals surface area contributed by atoms with Crippen molar-refractivity contribution in [1.82, 2.24) is 9.55 Å². The molecule has 3 nitrogen and oxygen atoms in total. The molecule has 0 fully saturated rings. The third-order valence-corrected chi connectivity index (χ3v) is 2.72. The summed E-state index contributed by atoms with van der Waals surface area (Å²) in [5.41, 5.74) is 0.497. The minimum Gasteiger partial charge on any atom is -0.298 e. The Hall–Kier alpha value is -1.06. The van der Waals surface area contributed by atoms with Crippen molar-refractivity contribution in [2.45, 2.75) is 5.88 Å². The van der Waals surface area contributed by atoms with Crippen LogP contribution < -0.4 is 5.56 Å². The molecule has 2 aromatic rings. The first-order chi connectivity index (χ1) is 7.13. The molecule has 0 N–H and O–H groups in total. The molecule has 0 aliphatic rings. The fourth-order valence-corrected chi connectivity index (χ4v) is 1.82. The highest BCUT2D eigenvalue weighted by atomic mass is 35.5. The van der Waals surface area contributed by atoms with Crippen LogP contribution in [0.25, 0.3) is 10.9 Å². The zero-order valence-corrected chi connectivity index (χ0v) is 9.51. The lowest BCUT2D eigenvalue weighted by atomic mass is 10.2. The van der Waals surface area contributed by atoms with Gasteiger partial charge in [-0.2, -0.15) is 0 Å². The van der Waals surface area contributed by atoms with E-state index in [9.17, 15) is 4.79 Å². The standard InChI is InChI=1S/C10H8Cl2N2O/c1-14-9(5-11)13-8-3-2-6(12)4-7(8)10(14)15/h2-4H,5H2,1H3. The van der Waals surface area contributed by atoms with Crippen LogP contribution in [0.1, 0.15) is 5.82 Å².